The molecule has 5 rings (SSSR count). The number of nitrogens with zero attached hydrogens (tertiary/aromatic N) is 4. The Bertz CT molecular complexity index is 1290. The highest BCUT2D eigenvalue weighted by Gasteiger charge is 2.25. The zero-order valence-corrected chi connectivity index (χ0v) is 17.5. The summed E-state index contributed by atoms with van der Waals surface area (Å²) < 4.78 is 8.59. The molecule has 32 heavy (non-hydrogen) atoms. The Labute approximate surface area is 184 Å². The van der Waals surface area contributed by atoms with Crippen LogP contribution >= 0.6 is 0 Å². The van der Waals surface area contributed by atoms with Crippen LogP contribution in [0.15, 0.2) is 61.1 Å². The predicted octanol–water partition coefficient (Wildman–Crippen LogP) is 2.51. The molecule has 2 N–H and O–H groups in total. The number of aromatic nitrogens is 4. The number of carbonyl (C=O) groups excluding carboxylic acids is 2. The van der Waals surface area contributed by atoms with E-state index in [2.05, 4.69) is 20.7 Å². The number of fused-ring (bicyclic) bond motifs is 1. The molecular weight excluding hydrogens is 408 g/mol. The topological polar surface area (TPSA) is 103 Å². The third-order valence-electron chi connectivity index (χ3n) is 5.45. The number of hydrogen-bond donors (Lipinski definition) is 2. The van der Waals surface area contributed by atoms with Gasteiger partial charge >= 0.3 is 0 Å². The molecule has 9 nitrogen and oxygen atoms in total. The molecule has 0 saturated carbocycles. The average Bonchev–Trinajstić information content (AvgIpc) is 3.53. The molecule has 162 valence electrons. The third kappa shape index (κ3) is 3.85. The van der Waals surface area contributed by atoms with Gasteiger partial charge in [-0.1, -0.05) is 30.3 Å². The fourth-order valence-electron chi connectivity index (χ4n) is 3.78. The second-order valence-corrected chi connectivity index (χ2v) is 7.69. The van der Waals surface area contributed by atoms with E-state index in [9.17, 15) is 9.59 Å². The number of anilines is 1. The summed E-state index contributed by atoms with van der Waals surface area (Å²) in [7, 11) is 1.63. The fraction of sp³-hybridized carbons (Fsp3) is 0.217. The van der Waals surface area contributed by atoms with Crippen molar-refractivity contribution < 1.29 is 14.3 Å². The van der Waals surface area contributed by atoms with E-state index in [-0.39, 0.29) is 23.2 Å². The summed E-state index contributed by atoms with van der Waals surface area (Å²) in [5.41, 5.74) is 3.55. The highest BCUT2D eigenvalue weighted by Crippen LogP contribution is 2.21. The van der Waals surface area contributed by atoms with E-state index in [4.69, 9.17) is 4.74 Å². The quantitative estimate of drug-likeness (QED) is 0.507. The number of amides is 2. The van der Waals surface area contributed by atoms with E-state index < -0.39 is 5.91 Å². The van der Waals surface area contributed by atoms with Gasteiger partial charge in [0.2, 0.25) is 0 Å². The largest absolute Gasteiger partial charge is 0.379 e. The van der Waals surface area contributed by atoms with Crippen LogP contribution < -0.4 is 10.6 Å². The van der Waals surface area contributed by atoms with Crippen LogP contribution in [0.25, 0.3) is 16.9 Å². The summed E-state index contributed by atoms with van der Waals surface area (Å²) >= 11 is 0. The Balaban J connectivity index is 1.37. The van der Waals surface area contributed by atoms with Gasteiger partial charge in [-0.3, -0.25) is 14.3 Å². The lowest BCUT2D eigenvalue weighted by Crippen LogP contribution is -2.36. The van der Waals surface area contributed by atoms with Crippen molar-refractivity contribution in [2.75, 3.05) is 18.5 Å². The smallest absolute Gasteiger partial charge is 0.274 e. The van der Waals surface area contributed by atoms with Crippen molar-refractivity contribution in [2.24, 2.45) is 7.05 Å². The number of nitrogens with one attached hydrogen (secondary N) is 2. The zero-order valence-electron chi connectivity index (χ0n) is 17.5. The van der Waals surface area contributed by atoms with E-state index in [1.165, 1.54) is 10.9 Å². The second kappa shape index (κ2) is 8.27. The van der Waals surface area contributed by atoms with Gasteiger partial charge in [-0.15, -0.1) is 0 Å². The molecule has 0 bridgehead atoms. The van der Waals surface area contributed by atoms with E-state index in [1.54, 1.807) is 19.2 Å². The number of pyridine rings is 1. The van der Waals surface area contributed by atoms with Crippen LogP contribution in [-0.2, 0) is 11.8 Å². The van der Waals surface area contributed by atoms with E-state index in [0.29, 0.717) is 24.5 Å². The molecule has 4 heterocycles. The minimum Gasteiger partial charge on any atom is -0.379 e. The SMILES string of the molecule is Cn1ncc(C(=O)NC2CCOC2)c1C(=O)Nc1ccn2cc(-c3ccccc3)nc2c1. The Kier molecular flexibility index (Phi) is 5.16. The zero-order chi connectivity index (χ0) is 22.1. The molecule has 3 aromatic heterocycles. The first-order valence-corrected chi connectivity index (χ1v) is 10.3. The van der Waals surface area contributed by atoms with Crippen molar-refractivity contribution in [3.05, 3.63) is 72.3 Å². The number of hydrogen-bond acceptors (Lipinski definition) is 5. The van der Waals surface area contributed by atoms with Crippen LogP contribution in [0.1, 0.15) is 27.3 Å². The van der Waals surface area contributed by atoms with Gasteiger partial charge in [-0.2, -0.15) is 5.10 Å². The van der Waals surface area contributed by atoms with Crippen LogP contribution in [0, 0.1) is 0 Å². The van der Waals surface area contributed by atoms with Crippen LogP contribution in [0.5, 0.6) is 0 Å². The maximum Gasteiger partial charge on any atom is 0.274 e. The number of benzene rings is 1. The number of ether oxygens (including phenoxy) is 1. The van der Waals surface area contributed by atoms with Gasteiger partial charge in [-0.05, 0) is 12.5 Å². The molecule has 1 aliphatic heterocycles. The Morgan fingerprint density at radius 3 is 2.78 bits per heavy atom. The molecule has 1 unspecified atom stereocenters. The molecule has 0 radical (unpaired) electrons. The molecule has 1 atom stereocenters. The fourth-order valence-corrected chi connectivity index (χ4v) is 3.78. The van der Waals surface area contributed by atoms with Crippen LogP contribution in [0.4, 0.5) is 5.69 Å². The van der Waals surface area contributed by atoms with E-state index >= 15 is 0 Å². The molecule has 1 fully saturated rings. The Morgan fingerprint density at radius 1 is 1.16 bits per heavy atom. The lowest BCUT2D eigenvalue weighted by Gasteiger charge is -2.11. The first-order valence-electron chi connectivity index (χ1n) is 10.3. The van der Waals surface area contributed by atoms with Crippen molar-refractivity contribution >= 4 is 23.1 Å². The summed E-state index contributed by atoms with van der Waals surface area (Å²) in [6.07, 6.45) is 5.93. The normalized spacial score (nSPS) is 15.7. The van der Waals surface area contributed by atoms with Crippen LogP contribution in [-0.4, -0.2) is 50.2 Å². The minimum atomic E-state index is -0.419. The van der Waals surface area contributed by atoms with Gasteiger partial charge < -0.3 is 19.8 Å². The molecule has 9 heteroatoms. The Morgan fingerprint density at radius 2 is 2.00 bits per heavy atom. The molecule has 1 aliphatic rings. The Hall–Kier alpha value is -3.98. The maximum absolute atomic E-state index is 13.0. The number of aryl methyl sites for hydroxylation is 1. The van der Waals surface area contributed by atoms with Crippen LogP contribution in [0.3, 0.4) is 0 Å². The monoisotopic (exact) mass is 430 g/mol. The summed E-state index contributed by atoms with van der Waals surface area (Å²) in [5.74, 6) is -0.757. The van der Waals surface area contributed by atoms with Crippen molar-refractivity contribution in [1.82, 2.24) is 24.5 Å². The molecule has 1 aromatic carbocycles. The second-order valence-electron chi connectivity index (χ2n) is 7.69. The average molecular weight is 430 g/mol. The highest BCUT2D eigenvalue weighted by molar-refractivity contribution is 6.11. The lowest BCUT2D eigenvalue weighted by molar-refractivity contribution is 0.0918. The van der Waals surface area contributed by atoms with Gasteiger partial charge in [0.1, 0.15) is 11.3 Å². The molecule has 2 amide bonds. The summed E-state index contributed by atoms with van der Waals surface area (Å²) in [6, 6.07) is 13.4. The van der Waals surface area contributed by atoms with E-state index in [1.807, 2.05) is 47.1 Å². The predicted molar refractivity (Wildman–Crippen MR) is 118 cm³/mol. The van der Waals surface area contributed by atoms with Crippen molar-refractivity contribution in [2.45, 2.75) is 12.5 Å². The standard InChI is InChI=1S/C23H22N6O3/c1-28-21(18(12-24-28)22(30)26-17-8-10-32-14-17)23(31)25-16-7-9-29-13-19(27-20(29)11-16)15-5-3-2-4-6-15/h2-7,9,11-13,17H,8,10,14H2,1H3,(H,25,31)(H,26,30). The highest BCUT2D eigenvalue weighted by atomic mass is 16.5. The molecule has 1 saturated heterocycles. The third-order valence-corrected chi connectivity index (χ3v) is 5.45. The summed E-state index contributed by atoms with van der Waals surface area (Å²) in [4.78, 5) is 30.4. The van der Waals surface area contributed by atoms with Crippen molar-refractivity contribution in [1.29, 1.82) is 0 Å². The molecular formula is C23H22N6O3. The maximum atomic E-state index is 13.0. The minimum absolute atomic E-state index is 0.0553. The van der Waals surface area contributed by atoms with Gasteiger partial charge in [0.15, 0.2) is 0 Å². The number of carbonyl (C=O) groups is 2. The first-order chi connectivity index (χ1) is 15.6. The summed E-state index contributed by atoms with van der Waals surface area (Å²) in [5, 5.41) is 9.87. The number of rotatable bonds is 5. The van der Waals surface area contributed by atoms with Gasteiger partial charge in [0, 0.05) is 43.4 Å². The van der Waals surface area contributed by atoms with Crippen molar-refractivity contribution in [3.63, 3.8) is 0 Å². The van der Waals surface area contributed by atoms with Crippen LogP contribution in [0.2, 0.25) is 0 Å². The lowest BCUT2D eigenvalue weighted by atomic mass is 10.2. The first kappa shape index (κ1) is 20.0. The summed E-state index contributed by atoms with van der Waals surface area (Å²) in [6.45, 7) is 1.09. The van der Waals surface area contributed by atoms with Gasteiger partial charge in [0.05, 0.1) is 30.1 Å². The molecule has 0 aliphatic carbocycles. The van der Waals surface area contributed by atoms with Gasteiger partial charge in [0.25, 0.3) is 11.8 Å². The van der Waals surface area contributed by atoms with E-state index in [0.717, 1.165) is 17.7 Å². The molecule has 4 aromatic rings. The van der Waals surface area contributed by atoms with Crippen molar-refractivity contribution in [3.8, 4) is 11.3 Å². The molecule has 0 spiro atoms. The number of imidazole rings is 1. The van der Waals surface area contributed by atoms with Gasteiger partial charge in [-0.25, -0.2) is 4.98 Å².